The fourth-order valence-electron chi connectivity index (χ4n) is 2.70. The molecule has 0 aromatic carbocycles. The molecule has 2 amide bonds. The van der Waals surface area contributed by atoms with E-state index < -0.39 is 17.8 Å². The van der Waals surface area contributed by atoms with E-state index in [4.69, 9.17) is 4.84 Å². The van der Waals surface area contributed by atoms with Crippen LogP contribution in [0.2, 0.25) is 0 Å². The molecule has 0 aromatic rings. The fraction of sp³-hybridized carbons (Fsp3) is 0.842. The second kappa shape index (κ2) is 15.4. The average molecular weight is 404 g/mol. The van der Waals surface area contributed by atoms with Gasteiger partial charge in [0.05, 0.1) is 6.42 Å². The Morgan fingerprint density at radius 2 is 1.35 bits per heavy atom. The molecule has 0 aliphatic carbocycles. The molecule has 7 heteroatoms. The van der Waals surface area contributed by atoms with E-state index in [1.54, 1.807) is 21.6 Å². The van der Waals surface area contributed by atoms with Gasteiger partial charge in [-0.3, -0.25) is 9.59 Å². The van der Waals surface area contributed by atoms with Crippen molar-refractivity contribution in [1.82, 2.24) is 5.06 Å². The molecule has 1 fully saturated rings. The Kier molecular flexibility index (Phi) is 13.8. The van der Waals surface area contributed by atoms with Crippen LogP contribution >= 0.6 is 21.6 Å². The molecule has 0 unspecified atom stereocenters. The molecule has 150 valence electrons. The number of carbonyl (C=O) groups is 3. The first-order valence-corrected chi connectivity index (χ1v) is 12.4. The van der Waals surface area contributed by atoms with Crippen LogP contribution in [0.5, 0.6) is 0 Å². The van der Waals surface area contributed by atoms with Gasteiger partial charge in [-0.15, -0.1) is 5.06 Å². The highest BCUT2D eigenvalue weighted by Crippen LogP contribution is 2.24. The fourth-order valence-corrected chi connectivity index (χ4v) is 4.81. The minimum atomic E-state index is -0.513. The molecule has 1 aliphatic rings. The van der Waals surface area contributed by atoms with Gasteiger partial charge in [0.2, 0.25) is 0 Å². The summed E-state index contributed by atoms with van der Waals surface area (Å²) in [4.78, 5) is 39.1. The van der Waals surface area contributed by atoms with Crippen LogP contribution in [0.4, 0.5) is 0 Å². The Labute approximate surface area is 165 Å². The third kappa shape index (κ3) is 11.1. The van der Waals surface area contributed by atoms with E-state index >= 15 is 0 Å². The number of hydrogen-bond acceptors (Lipinski definition) is 6. The molecule has 1 heterocycles. The first kappa shape index (κ1) is 23.3. The summed E-state index contributed by atoms with van der Waals surface area (Å²) in [7, 11) is 3.43. The Hall–Kier alpha value is -0.690. The molecule has 0 atom stereocenters. The van der Waals surface area contributed by atoms with Gasteiger partial charge in [-0.1, -0.05) is 86.3 Å². The lowest BCUT2D eigenvalue weighted by Gasteiger charge is -2.12. The van der Waals surface area contributed by atoms with Gasteiger partial charge in [-0.05, 0) is 6.42 Å². The van der Waals surface area contributed by atoms with E-state index in [0.29, 0.717) is 10.8 Å². The van der Waals surface area contributed by atoms with Crippen molar-refractivity contribution in [1.29, 1.82) is 0 Å². The van der Waals surface area contributed by atoms with Gasteiger partial charge >= 0.3 is 5.97 Å². The zero-order valence-corrected chi connectivity index (χ0v) is 17.6. The summed E-state index contributed by atoms with van der Waals surface area (Å²) in [5.41, 5.74) is 0. The van der Waals surface area contributed by atoms with Crippen LogP contribution in [0.3, 0.4) is 0 Å². The molecular weight excluding hydrogens is 370 g/mol. The lowest BCUT2D eigenvalue weighted by atomic mass is 10.1. The summed E-state index contributed by atoms with van der Waals surface area (Å²) in [5.74, 6) is 0.370. The molecule has 5 nitrogen and oxygen atoms in total. The third-order valence-electron chi connectivity index (χ3n) is 4.25. The van der Waals surface area contributed by atoms with Crippen LogP contribution in [0.15, 0.2) is 0 Å². The molecule has 0 bridgehead atoms. The Morgan fingerprint density at radius 3 is 1.92 bits per heavy atom. The highest BCUT2D eigenvalue weighted by molar-refractivity contribution is 8.76. The zero-order chi connectivity index (χ0) is 19.0. The van der Waals surface area contributed by atoms with Crippen LogP contribution in [0, 0.1) is 0 Å². The van der Waals surface area contributed by atoms with Crippen molar-refractivity contribution in [2.75, 3.05) is 11.5 Å². The predicted octanol–water partition coefficient (Wildman–Crippen LogP) is 5.29. The van der Waals surface area contributed by atoms with Gasteiger partial charge in [0.15, 0.2) is 0 Å². The normalized spacial score (nSPS) is 14.3. The lowest BCUT2D eigenvalue weighted by Crippen LogP contribution is -2.32. The number of imide groups is 1. The highest BCUT2D eigenvalue weighted by Gasteiger charge is 2.32. The standard InChI is InChI=1S/C19H33NO4S2/c1-2-3-4-5-6-7-8-9-10-11-15-25-26-16-14-19(23)24-20-17(21)12-13-18(20)22/h2-16H2,1H3. The topological polar surface area (TPSA) is 63.7 Å². The molecule has 26 heavy (non-hydrogen) atoms. The van der Waals surface area contributed by atoms with Crippen molar-refractivity contribution in [3.63, 3.8) is 0 Å². The van der Waals surface area contributed by atoms with Crippen LogP contribution in [0.25, 0.3) is 0 Å². The largest absolute Gasteiger partial charge is 0.334 e. The summed E-state index contributed by atoms with van der Waals surface area (Å²) >= 11 is 0. The van der Waals surface area contributed by atoms with Crippen LogP contribution in [-0.2, 0) is 19.2 Å². The van der Waals surface area contributed by atoms with E-state index in [9.17, 15) is 14.4 Å². The Balaban J connectivity index is 1.82. The molecule has 1 saturated heterocycles. The second-order valence-electron chi connectivity index (χ2n) is 6.62. The molecular formula is C19H33NO4S2. The maximum absolute atomic E-state index is 11.6. The average Bonchev–Trinajstić information content (AvgIpc) is 2.94. The Bertz CT molecular complexity index is 416. The lowest BCUT2D eigenvalue weighted by molar-refractivity contribution is -0.197. The van der Waals surface area contributed by atoms with Gasteiger partial charge in [0.1, 0.15) is 0 Å². The van der Waals surface area contributed by atoms with Gasteiger partial charge < -0.3 is 4.84 Å². The first-order valence-electron chi connectivity index (χ1n) is 9.96. The maximum atomic E-state index is 11.6. The van der Waals surface area contributed by atoms with Crippen molar-refractivity contribution >= 4 is 39.4 Å². The molecule has 0 aromatic heterocycles. The van der Waals surface area contributed by atoms with Crippen LogP contribution in [-0.4, -0.2) is 34.4 Å². The van der Waals surface area contributed by atoms with Gasteiger partial charge in [0, 0.05) is 24.3 Å². The van der Waals surface area contributed by atoms with E-state index in [1.807, 2.05) is 0 Å². The summed E-state index contributed by atoms with van der Waals surface area (Å²) in [6.07, 6.45) is 13.9. The number of nitrogens with zero attached hydrogens (tertiary/aromatic N) is 1. The second-order valence-corrected chi connectivity index (χ2v) is 9.32. The number of hydroxylamine groups is 2. The van der Waals surface area contributed by atoms with Crippen molar-refractivity contribution in [2.45, 2.75) is 90.4 Å². The van der Waals surface area contributed by atoms with Gasteiger partial charge in [-0.2, -0.15) is 0 Å². The number of carbonyl (C=O) groups excluding carboxylic acids is 3. The SMILES string of the molecule is CCCCCCCCCCCCSSCCC(=O)ON1C(=O)CCC1=O. The smallest absolute Gasteiger partial charge is 0.330 e. The van der Waals surface area contributed by atoms with E-state index in [-0.39, 0.29) is 19.3 Å². The van der Waals surface area contributed by atoms with Crippen LogP contribution < -0.4 is 0 Å². The molecule has 0 spiro atoms. The summed E-state index contributed by atoms with van der Waals surface area (Å²) in [5, 5.41) is 0.615. The van der Waals surface area contributed by atoms with Crippen molar-refractivity contribution in [3.8, 4) is 0 Å². The minimum Gasteiger partial charge on any atom is -0.330 e. The zero-order valence-electron chi connectivity index (χ0n) is 16.0. The van der Waals surface area contributed by atoms with E-state index in [2.05, 4.69) is 6.92 Å². The van der Waals surface area contributed by atoms with Crippen molar-refractivity contribution < 1.29 is 19.2 Å². The number of unbranched alkanes of at least 4 members (excludes halogenated alkanes) is 9. The molecule has 1 aliphatic heterocycles. The first-order chi connectivity index (χ1) is 12.6. The molecule has 1 rings (SSSR count). The number of hydrogen-bond donors (Lipinski definition) is 0. The van der Waals surface area contributed by atoms with E-state index in [0.717, 1.165) is 5.75 Å². The summed E-state index contributed by atoms with van der Waals surface area (Å²) in [6, 6.07) is 0. The molecule has 0 saturated carbocycles. The monoisotopic (exact) mass is 403 g/mol. The molecule has 0 N–H and O–H groups in total. The summed E-state index contributed by atoms with van der Waals surface area (Å²) in [6.45, 7) is 2.25. The highest BCUT2D eigenvalue weighted by atomic mass is 33.1. The predicted molar refractivity (Wildman–Crippen MR) is 109 cm³/mol. The van der Waals surface area contributed by atoms with Gasteiger partial charge in [0.25, 0.3) is 11.8 Å². The number of rotatable bonds is 16. The van der Waals surface area contributed by atoms with E-state index in [1.165, 1.54) is 64.2 Å². The third-order valence-corrected chi connectivity index (χ3v) is 6.75. The summed E-state index contributed by atoms with van der Waals surface area (Å²) < 4.78 is 0. The maximum Gasteiger partial charge on any atom is 0.334 e. The number of amides is 2. The quantitative estimate of drug-likeness (QED) is 0.198. The minimum absolute atomic E-state index is 0.134. The van der Waals surface area contributed by atoms with Gasteiger partial charge in [-0.25, -0.2) is 4.79 Å². The van der Waals surface area contributed by atoms with Crippen molar-refractivity contribution in [2.24, 2.45) is 0 Å². The molecule has 0 radical (unpaired) electrons. The Morgan fingerprint density at radius 1 is 0.846 bits per heavy atom. The van der Waals surface area contributed by atoms with Crippen molar-refractivity contribution in [3.05, 3.63) is 0 Å². The van der Waals surface area contributed by atoms with Crippen LogP contribution in [0.1, 0.15) is 90.4 Å².